The fourth-order valence-corrected chi connectivity index (χ4v) is 2.21. The minimum absolute atomic E-state index is 0.0771. The first-order chi connectivity index (χ1) is 9.20. The van der Waals surface area contributed by atoms with Crippen molar-refractivity contribution in [1.82, 2.24) is 15.2 Å². The SMILES string of the molecule is N[C@@H](CC=NS(=O)(=O)CCCC(F)(F)F)c1ncn[nH]1. The Bertz CT molecular complexity index is 526. The van der Waals surface area contributed by atoms with Crippen LogP contribution in [-0.2, 0) is 10.0 Å². The number of H-pyrrole nitrogens is 1. The van der Waals surface area contributed by atoms with E-state index in [0.29, 0.717) is 5.82 Å². The lowest BCUT2D eigenvalue weighted by Gasteiger charge is -2.05. The fraction of sp³-hybridized carbons (Fsp3) is 0.667. The molecule has 0 unspecified atom stereocenters. The molecule has 0 aromatic carbocycles. The number of hydrogen-bond acceptors (Lipinski definition) is 5. The highest BCUT2D eigenvalue weighted by Gasteiger charge is 2.27. The van der Waals surface area contributed by atoms with Gasteiger partial charge in [0.15, 0.2) is 0 Å². The number of hydrogen-bond donors (Lipinski definition) is 2. The van der Waals surface area contributed by atoms with Gasteiger partial charge in [0.2, 0.25) is 0 Å². The van der Waals surface area contributed by atoms with Crippen molar-refractivity contribution in [1.29, 1.82) is 0 Å². The number of sulfonamides is 1. The second-order valence-electron chi connectivity index (χ2n) is 4.01. The van der Waals surface area contributed by atoms with Crippen LogP contribution in [0.25, 0.3) is 0 Å². The molecule has 11 heteroatoms. The van der Waals surface area contributed by atoms with Crippen molar-refractivity contribution in [3.05, 3.63) is 12.2 Å². The van der Waals surface area contributed by atoms with E-state index in [0.717, 1.165) is 6.21 Å². The molecule has 0 radical (unpaired) electrons. The standard InChI is InChI=1S/C9H14F3N5O2S/c10-9(11,12)3-1-5-20(18,19)16-4-2-7(13)8-14-6-15-17-8/h4,6-7H,1-3,5,13H2,(H,14,15,17)/t7-/m0/s1. The van der Waals surface area contributed by atoms with Gasteiger partial charge >= 0.3 is 6.18 Å². The molecule has 1 rings (SSSR count). The average Bonchev–Trinajstić information content (AvgIpc) is 2.79. The highest BCUT2D eigenvalue weighted by Crippen LogP contribution is 2.21. The predicted molar refractivity (Wildman–Crippen MR) is 65.5 cm³/mol. The van der Waals surface area contributed by atoms with Gasteiger partial charge in [-0.1, -0.05) is 0 Å². The first kappa shape index (κ1) is 16.6. The van der Waals surface area contributed by atoms with E-state index >= 15 is 0 Å². The summed E-state index contributed by atoms with van der Waals surface area (Å²) in [5, 5.41) is 6.09. The largest absolute Gasteiger partial charge is 0.389 e. The topological polar surface area (TPSA) is 114 Å². The molecule has 0 saturated heterocycles. The minimum atomic E-state index is -4.37. The summed E-state index contributed by atoms with van der Waals surface area (Å²) in [4.78, 5) is 3.78. The van der Waals surface area contributed by atoms with Crippen molar-refractivity contribution < 1.29 is 21.6 Å². The van der Waals surface area contributed by atoms with Crippen LogP contribution in [0.5, 0.6) is 0 Å². The summed E-state index contributed by atoms with van der Waals surface area (Å²) >= 11 is 0. The first-order valence-corrected chi connectivity index (χ1v) is 7.24. The van der Waals surface area contributed by atoms with Gasteiger partial charge in [-0.3, -0.25) is 5.10 Å². The van der Waals surface area contributed by atoms with E-state index in [1.807, 2.05) is 0 Å². The van der Waals surface area contributed by atoms with E-state index in [4.69, 9.17) is 5.73 Å². The molecule has 0 bridgehead atoms. The average molecular weight is 313 g/mol. The number of nitrogens with zero attached hydrogens (tertiary/aromatic N) is 3. The lowest BCUT2D eigenvalue weighted by atomic mass is 10.2. The normalized spacial score (nSPS) is 14.8. The van der Waals surface area contributed by atoms with Crippen LogP contribution in [0.1, 0.15) is 31.1 Å². The van der Waals surface area contributed by atoms with E-state index < -0.39 is 40.8 Å². The van der Waals surface area contributed by atoms with Gasteiger partial charge in [0.1, 0.15) is 12.2 Å². The summed E-state index contributed by atoms with van der Waals surface area (Å²) in [5.41, 5.74) is 5.66. The zero-order valence-electron chi connectivity index (χ0n) is 10.3. The minimum Gasteiger partial charge on any atom is -0.321 e. The maximum Gasteiger partial charge on any atom is 0.389 e. The first-order valence-electron chi connectivity index (χ1n) is 5.64. The monoisotopic (exact) mass is 313 g/mol. The Balaban J connectivity index is 2.40. The molecular formula is C9H14F3N5O2S. The zero-order chi connectivity index (χ0) is 15.2. The number of alkyl halides is 3. The van der Waals surface area contributed by atoms with Crippen LogP contribution < -0.4 is 5.73 Å². The van der Waals surface area contributed by atoms with E-state index in [-0.39, 0.29) is 6.42 Å². The molecule has 0 spiro atoms. The third-order valence-electron chi connectivity index (χ3n) is 2.24. The third-order valence-corrected chi connectivity index (χ3v) is 3.52. The Morgan fingerprint density at radius 3 is 2.75 bits per heavy atom. The molecule has 7 nitrogen and oxygen atoms in total. The van der Waals surface area contributed by atoms with Gasteiger partial charge < -0.3 is 5.73 Å². The number of rotatable bonds is 7. The van der Waals surface area contributed by atoms with E-state index in [9.17, 15) is 21.6 Å². The molecule has 1 aromatic rings. The molecule has 0 fully saturated rings. The summed E-state index contributed by atoms with van der Waals surface area (Å²) in [6.45, 7) is 0. The van der Waals surface area contributed by atoms with Gasteiger partial charge in [0, 0.05) is 19.1 Å². The fourth-order valence-electron chi connectivity index (χ4n) is 1.28. The number of nitrogens with one attached hydrogen (secondary N) is 1. The second kappa shape index (κ2) is 6.79. The van der Waals surface area contributed by atoms with Crippen LogP contribution in [0.15, 0.2) is 10.7 Å². The summed E-state index contributed by atoms with van der Waals surface area (Å²) in [7, 11) is -3.90. The quantitative estimate of drug-likeness (QED) is 0.727. The molecule has 114 valence electrons. The number of aromatic nitrogens is 3. The zero-order valence-corrected chi connectivity index (χ0v) is 11.2. The summed E-state index contributed by atoms with van der Waals surface area (Å²) in [6.07, 6.45) is -3.66. The highest BCUT2D eigenvalue weighted by atomic mass is 32.2. The van der Waals surface area contributed by atoms with Gasteiger partial charge in [-0.25, -0.2) is 13.4 Å². The van der Waals surface area contributed by atoms with E-state index in [2.05, 4.69) is 19.6 Å². The van der Waals surface area contributed by atoms with Crippen molar-refractivity contribution in [2.75, 3.05) is 5.75 Å². The lowest BCUT2D eigenvalue weighted by molar-refractivity contribution is -0.134. The molecular weight excluding hydrogens is 299 g/mol. The second-order valence-corrected chi connectivity index (χ2v) is 5.79. The van der Waals surface area contributed by atoms with Gasteiger partial charge in [-0.2, -0.15) is 22.7 Å². The Hall–Kier alpha value is -1.49. The van der Waals surface area contributed by atoms with Crippen LogP contribution in [0.3, 0.4) is 0 Å². The Morgan fingerprint density at radius 1 is 1.50 bits per heavy atom. The molecule has 0 aliphatic heterocycles. The van der Waals surface area contributed by atoms with Gasteiger partial charge in [-0.15, -0.1) is 0 Å². The summed E-state index contributed by atoms with van der Waals surface area (Å²) in [5.74, 6) is -0.286. The smallest absolute Gasteiger partial charge is 0.321 e. The van der Waals surface area contributed by atoms with E-state index in [1.54, 1.807) is 0 Å². The van der Waals surface area contributed by atoms with Crippen LogP contribution in [0, 0.1) is 0 Å². The molecule has 20 heavy (non-hydrogen) atoms. The van der Waals surface area contributed by atoms with Crippen LogP contribution in [0.2, 0.25) is 0 Å². The van der Waals surface area contributed by atoms with Crippen molar-refractivity contribution in [2.45, 2.75) is 31.5 Å². The third kappa shape index (κ3) is 6.61. The van der Waals surface area contributed by atoms with Crippen LogP contribution in [-0.4, -0.2) is 41.7 Å². The lowest BCUT2D eigenvalue weighted by Crippen LogP contribution is -2.14. The van der Waals surface area contributed by atoms with Crippen LogP contribution in [0.4, 0.5) is 13.2 Å². The van der Waals surface area contributed by atoms with Gasteiger partial charge in [0.25, 0.3) is 10.0 Å². The summed E-state index contributed by atoms with van der Waals surface area (Å²) in [6, 6.07) is -0.605. The van der Waals surface area contributed by atoms with Crippen molar-refractivity contribution >= 4 is 16.2 Å². The predicted octanol–water partition coefficient (Wildman–Crippen LogP) is 0.938. The van der Waals surface area contributed by atoms with E-state index in [1.165, 1.54) is 6.33 Å². The Morgan fingerprint density at radius 2 is 2.20 bits per heavy atom. The molecule has 0 amide bonds. The number of nitrogens with two attached hydrogens (primary N) is 1. The molecule has 0 aliphatic rings. The van der Waals surface area contributed by atoms with Crippen molar-refractivity contribution in [3.63, 3.8) is 0 Å². The van der Waals surface area contributed by atoms with Crippen molar-refractivity contribution in [3.8, 4) is 0 Å². The highest BCUT2D eigenvalue weighted by molar-refractivity contribution is 7.90. The molecule has 0 aliphatic carbocycles. The molecule has 1 heterocycles. The molecule has 1 atom stereocenters. The number of halogens is 3. The Labute approximate surface area is 113 Å². The van der Waals surface area contributed by atoms with Crippen LogP contribution >= 0.6 is 0 Å². The Kier molecular flexibility index (Phi) is 5.62. The molecule has 0 saturated carbocycles. The number of aromatic amines is 1. The van der Waals surface area contributed by atoms with Gasteiger partial charge in [-0.05, 0) is 6.42 Å². The van der Waals surface area contributed by atoms with Crippen molar-refractivity contribution in [2.24, 2.45) is 10.1 Å². The maximum absolute atomic E-state index is 11.9. The van der Waals surface area contributed by atoms with Gasteiger partial charge in [0.05, 0.1) is 11.8 Å². The molecule has 1 aromatic heterocycles. The maximum atomic E-state index is 11.9. The summed E-state index contributed by atoms with van der Waals surface area (Å²) < 4.78 is 61.6. The molecule has 3 N–H and O–H groups in total.